The number of halogens is 1. The number of carboxylic acid groups (broad SMARTS) is 1. The second kappa shape index (κ2) is 5.24. The summed E-state index contributed by atoms with van der Waals surface area (Å²) in [5.74, 6) is -0.250. The molecule has 0 unspecified atom stereocenters. The number of carbonyl (C=O) groups is 1. The van der Waals surface area contributed by atoms with Gasteiger partial charge in [-0.25, -0.2) is 9.48 Å². The average molecular weight is 339 g/mol. The zero-order chi connectivity index (χ0) is 15.0. The molecular formula is C13H15BrN4O2. The monoisotopic (exact) mass is 338 g/mol. The number of nitrogens with zero attached hydrogens (tertiary/aromatic N) is 4. The number of hydrogen-bond acceptors (Lipinski definition) is 3. The minimum Gasteiger partial charge on any atom is -0.478 e. The molecule has 0 saturated carbocycles. The molecule has 0 aliphatic heterocycles. The van der Waals surface area contributed by atoms with Gasteiger partial charge in [-0.05, 0) is 42.8 Å². The SMILES string of the molecule is Cc1nn(-c2c(C=CC(=O)O)c(C)nn2C)c(C)c1Br. The van der Waals surface area contributed by atoms with Gasteiger partial charge in [0, 0.05) is 18.7 Å². The molecule has 0 aliphatic carbocycles. The van der Waals surface area contributed by atoms with Crippen molar-refractivity contribution >= 4 is 28.0 Å². The van der Waals surface area contributed by atoms with Crippen LogP contribution in [0.5, 0.6) is 0 Å². The van der Waals surface area contributed by atoms with Crippen LogP contribution in [0.3, 0.4) is 0 Å². The summed E-state index contributed by atoms with van der Waals surface area (Å²) in [6.07, 6.45) is 2.65. The summed E-state index contributed by atoms with van der Waals surface area (Å²) >= 11 is 3.49. The fraction of sp³-hybridized carbons (Fsp3) is 0.308. The minimum atomic E-state index is -0.992. The molecule has 2 aromatic heterocycles. The second-order valence-electron chi connectivity index (χ2n) is 4.51. The van der Waals surface area contributed by atoms with E-state index >= 15 is 0 Å². The van der Waals surface area contributed by atoms with E-state index in [1.165, 1.54) is 0 Å². The van der Waals surface area contributed by atoms with Crippen molar-refractivity contribution in [2.75, 3.05) is 0 Å². The Balaban J connectivity index is 2.67. The first-order valence-electron chi connectivity index (χ1n) is 5.99. The van der Waals surface area contributed by atoms with Crippen LogP contribution in [-0.2, 0) is 11.8 Å². The van der Waals surface area contributed by atoms with E-state index in [-0.39, 0.29) is 0 Å². The number of aryl methyl sites for hydroxylation is 3. The van der Waals surface area contributed by atoms with Crippen LogP contribution in [0.2, 0.25) is 0 Å². The highest BCUT2D eigenvalue weighted by Crippen LogP contribution is 2.26. The number of hydrogen-bond donors (Lipinski definition) is 1. The Hall–Kier alpha value is -1.89. The molecule has 1 N–H and O–H groups in total. The fourth-order valence-electron chi connectivity index (χ4n) is 2.09. The molecule has 0 amide bonds. The zero-order valence-electron chi connectivity index (χ0n) is 11.7. The van der Waals surface area contributed by atoms with Crippen molar-refractivity contribution in [3.8, 4) is 5.82 Å². The predicted octanol–water partition coefficient (Wildman–Crippen LogP) is 2.39. The average Bonchev–Trinajstić information content (AvgIpc) is 2.77. The Bertz CT molecular complexity index is 713. The summed E-state index contributed by atoms with van der Waals surface area (Å²) < 4.78 is 4.40. The number of rotatable bonds is 3. The number of carboxylic acids is 1. The summed E-state index contributed by atoms with van der Waals surface area (Å²) in [6, 6.07) is 0. The lowest BCUT2D eigenvalue weighted by molar-refractivity contribution is -0.131. The lowest BCUT2D eigenvalue weighted by Gasteiger charge is -2.06. The zero-order valence-corrected chi connectivity index (χ0v) is 13.3. The fourth-order valence-corrected chi connectivity index (χ4v) is 2.34. The molecular weight excluding hydrogens is 324 g/mol. The molecule has 0 atom stereocenters. The first kappa shape index (κ1) is 14.5. The Kier molecular flexibility index (Phi) is 3.80. The Morgan fingerprint density at radius 1 is 1.25 bits per heavy atom. The molecule has 2 heterocycles. The van der Waals surface area contributed by atoms with E-state index in [9.17, 15) is 4.79 Å². The van der Waals surface area contributed by atoms with Crippen molar-refractivity contribution in [2.24, 2.45) is 7.05 Å². The number of aromatic nitrogens is 4. The van der Waals surface area contributed by atoms with Crippen LogP contribution in [0.25, 0.3) is 11.9 Å². The van der Waals surface area contributed by atoms with Crippen molar-refractivity contribution in [1.82, 2.24) is 19.6 Å². The van der Waals surface area contributed by atoms with E-state index in [2.05, 4.69) is 26.1 Å². The van der Waals surface area contributed by atoms with Crippen LogP contribution < -0.4 is 0 Å². The normalized spacial score (nSPS) is 11.4. The molecule has 0 bridgehead atoms. The van der Waals surface area contributed by atoms with Gasteiger partial charge in [-0.2, -0.15) is 10.2 Å². The molecule has 0 spiro atoms. The first-order chi connectivity index (χ1) is 9.32. The van der Waals surface area contributed by atoms with Crippen LogP contribution in [0.15, 0.2) is 10.5 Å². The largest absolute Gasteiger partial charge is 0.478 e. The van der Waals surface area contributed by atoms with Gasteiger partial charge in [-0.1, -0.05) is 0 Å². The van der Waals surface area contributed by atoms with Gasteiger partial charge in [0.25, 0.3) is 0 Å². The quantitative estimate of drug-likeness (QED) is 0.872. The smallest absolute Gasteiger partial charge is 0.328 e. The van der Waals surface area contributed by atoms with Crippen LogP contribution in [0, 0.1) is 20.8 Å². The van der Waals surface area contributed by atoms with E-state index in [1.807, 2.05) is 27.8 Å². The van der Waals surface area contributed by atoms with Crippen molar-refractivity contribution < 1.29 is 9.90 Å². The highest BCUT2D eigenvalue weighted by Gasteiger charge is 2.18. The Morgan fingerprint density at radius 3 is 2.40 bits per heavy atom. The molecule has 6 nitrogen and oxygen atoms in total. The van der Waals surface area contributed by atoms with Crippen molar-refractivity contribution in [2.45, 2.75) is 20.8 Å². The van der Waals surface area contributed by atoms with Gasteiger partial charge in [0.1, 0.15) is 0 Å². The van der Waals surface area contributed by atoms with E-state index in [0.717, 1.165) is 39.0 Å². The lowest BCUT2D eigenvalue weighted by atomic mass is 10.2. The maximum Gasteiger partial charge on any atom is 0.328 e. The van der Waals surface area contributed by atoms with Crippen LogP contribution >= 0.6 is 15.9 Å². The summed E-state index contributed by atoms with van der Waals surface area (Å²) in [5, 5.41) is 17.6. The molecule has 2 aromatic rings. The van der Waals surface area contributed by atoms with Crippen molar-refractivity contribution in [3.63, 3.8) is 0 Å². The highest BCUT2D eigenvalue weighted by atomic mass is 79.9. The van der Waals surface area contributed by atoms with Gasteiger partial charge in [0.15, 0.2) is 5.82 Å². The summed E-state index contributed by atoms with van der Waals surface area (Å²) in [5.41, 5.74) is 3.31. The minimum absolute atomic E-state index is 0.742. The van der Waals surface area contributed by atoms with E-state index < -0.39 is 5.97 Å². The van der Waals surface area contributed by atoms with Crippen LogP contribution in [0.4, 0.5) is 0 Å². The third-order valence-corrected chi connectivity index (χ3v) is 4.18. The van der Waals surface area contributed by atoms with Crippen LogP contribution in [-0.4, -0.2) is 30.6 Å². The number of aliphatic carboxylic acids is 1. The third kappa shape index (κ3) is 2.40. The molecule has 0 radical (unpaired) electrons. The predicted molar refractivity (Wildman–Crippen MR) is 78.9 cm³/mol. The molecule has 0 aromatic carbocycles. The van der Waals surface area contributed by atoms with Gasteiger partial charge in [0.05, 0.1) is 21.6 Å². The van der Waals surface area contributed by atoms with Gasteiger partial charge in [-0.3, -0.25) is 4.68 Å². The van der Waals surface area contributed by atoms with Crippen molar-refractivity contribution in [3.05, 3.63) is 33.2 Å². The van der Waals surface area contributed by atoms with Crippen molar-refractivity contribution in [1.29, 1.82) is 0 Å². The lowest BCUT2D eigenvalue weighted by Crippen LogP contribution is -2.07. The van der Waals surface area contributed by atoms with E-state index in [0.29, 0.717) is 0 Å². The van der Waals surface area contributed by atoms with E-state index in [4.69, 9.17) is 5.11 Å². The maximum atomic E-state index is 10.7. The molecule has 7 heteroatoms. The Labute approximate surface area is 124 Å². The summed E-state index contributed by atoms with van der Waals surface area (Å²) in [4.78, 5) is 10.7. The molecule has 2 rings (SSSR count). The standard InChI is InChI=1S/C13H15BrN4O2/c1-7-10(5-6-11(19)20)13(17(4)15-7)18-9(3)12(14)8(2)16-18/h5-6H,1-4H3,(H,19,20). The summed E-state index contributed by atoms with van der Waals surface area (Å²) in [7, 11) is 1.81. The van der Waals surface area contributed by atoms with Crippen LogP contribution in [0.1, 0.15) is 22.6 Å². The molecule has 0 saturated heterocycles. The van der Waals surface area contributed by atoms with Gasteiger partial charge in [-0.15, -0.1) is 0 Å². The van der Waals surface area contributed by atoms with Gasteiger partial charge < -0.3 is 5.11 Å². The first-order valence-corrected chi connectivity index (χ1v) is 6.79. The van der Waals surface area contributed by atoms with E-state index in [1.54, 1.807) is 15.4 Å². The summed E-state index contributed by atoms with van der Waals surface area (Å²) in [6.45, 7) is 5.69. The second-order valence-corrected chi connectivity index (χ2v) is 5.31. The molecule has 20 heavy (non-hydrogen) atoms. The third-order valence-electron chi connectivity index (χ3n) is 3.03. The molecule has 106 valence electrons. The maximum absolute atomic E-state index is 10.7. The molecule has 0 fully saturated rings. The highest BCUT2D eigenvalue weighted by molar-refractivity contribution is 9.10. The molecule has 0 aliphatic rings. The van der Waals surface area contributed by atoms with Gasteiger partial charge in [0.2, 0.25) is 0 Å². The Morgan fingerprint density at radius 2 is 1.90 bits per heavy atom. The van der Waals surface area contributed by atoms with Gasteiger partial charge >= 0.3 is 5.97 Å². The topological polar surface area (TPSA) is 72.9 Å².